The summed E-state index contributed by atoms with van der Waals surface area (Å²) in [6, 6.07) is 13.2. The maximum absolute atomic E-state index is 12.1. The molecule has 0 fully saturated rings. The number of nitrogens with zero attached hydrogens (tertiary/aromatic N) is 5. The molecule has 0 aliphatic rings. The number of tetrazole rings is 1. The summed E-state index contributed by atoms with van der Waals surface area (Å²) >= 11 is 0. The maximum atomic E-state index is 12.1. The summed E-state index contributed by atoms with van der Waals surface area (Å²) in [5.74, 6) is 2.07. The number of hydrogen-bond acceptors (Lipinski definition) is 7. The predicted octanol–water partition coefficient (Wildman–Crippen LogP) is 3.01. The number of hydrogen-bond donors (Lipinski definition) is 1. The molecule has 158 valence electrons. The molecule has 0 atom stereocenters. The summed E-state index contributed by atoms with van der Waals surface area (Å²) in [5, 5.41) is 9.73. The Bertz CT molecular complexity index is 1260. The summed E-state index contributed by atoms with van der Waals surface area (Å²) < 4.78 is 13.1. The number of aromatic amines is 1. The normalized spacial score (nSPS) is 10.8. The third-order valence-electron chi connectivity index (χ3n) is 4.73. The SMILES string of the molecule is CCOc1cccc(-n2nn[nH]c2=O)c1COc1ccc(-c2ccnc(C)n2)cc1C. The van der Waals surface area contributed by atoms with Crippen LogP contribution in [0.3, 0.4) is 0 Å². The van der Waals surface area contributed by atoms with Crippen LogP contribution in [0.25, 0.3) is 16.9 Å². The van der Waals surface area contributed by atoms with E-state index >= 15 is 0 Å². The van der Waals surface area contributed by atoms with E-state index in [2.05, 4.69) is 25.5 Å². The van der Waals surface area contributed by atoms with E-state index in [0.29, 0.717) is 23.6 Å². The van der Waals surface area contributed by atoms with E-state index in [1.165, 1.54) is 4.68 Å². The van der Waals surface area contributed by atoms with Crippen LogP contribution in [-0.2, 0) is 6.61 Å². The molecule has 1 N–H and O–H groups in total. The molecule has 2 aromatic heterocycles. The van der Waals surface area contributed by atoms with Crippen LogP contribution >= 0.6 is 0 Å². The molecular weight excluding hydrogens is 396 g/mol. The van der Waals surface area contributed by atoms with Crippen molar-refractivity contribution in [1.82, 2.24) is 30.2 Å². The smallest absolute Gasteiger partial charge is 0.365 e. The van der Waals surface area contributed by atoms with Gasteiger partial charge in [-0.2, -0.15) is 4.68 Å². The Morgan fingerprint density at radius 1 is 1.06 bits per heavy atom. The number of ether oxygens (including phenoxy) is 2. The lowest BCUT2D eigenvalue weighted by atomic mass is 10.1. The van der Waals surface area contributed by atoms with Crippen molar-refractivity contribution in [3.8, 4) is 28.4 Å². The first-order valence-corrected chi connectivity index (χ1v) is 9.85. The van der Waals surface area contributed by atoms with Gasteiger partial charge in [-0.3, -0.25) is 0 Å². The number of aryl methyl sites for hydroxylation is 2. The zero-order valence-corrected chi connectivity index (χ0v) is 17.5. The second-order valence-electron chi connectivity index (χ2n) is 6.86. The van der Waals surface area contributed by atoms with Gasteiger partial charge in [-0.15, -0.1) is 0 Å². The highest BCUT2D eigenvalue weighted by atomic mass is 16.5. The standard InChI is InChI=1S/C22H22N6O3/c1-4-30-21-7-5-6-19(28-22(29)25-26-27-28)17(21)13-31-20-9-8-16(12-14(20)2)18-10-11-23-15(3)24-18/h5-12H,4,13H2,1-3H3,(H,25,27,29). The van der Waals surface area contributed by atoms with Crippen molar-refractivity contribution in [2.24, 2.45) is 0 Å². The van der Waals surface area contributed by atoms with Crippen molar-refractivity contribution in [3.63, 3.8) is 0 Å². The minimum absolute atomic E-state index is 0.192. The summed E-state index contributed by atoms with van der Waals surface area (Å²) in [7, 11) is 0. The number of nitrogens with one attached hydrogen (secondary N) is 1. The molecule has 0 aliphatic carbocycles. The van der Waals surface area contributed by atoms with Crippen LogP contribution in [0.4, 0.5) is 0 Å². The van der Waals surface area contributed by atoms with E-state index in [4.69, 9.17) is 9.47 Å². The van der Waals surface area contributed by atoms with Gasteiger partial charge in [0.15, 0.2) is 0 Å². The summed E-state index contributed by atoms with van der Waals surface area (Å²) in [6.07, 6.45) is 1.75. The highest BCUT2D eigenvalue weighted by Crippen LogP contribution is 2.29. The van der Waals surface area contributed by atoms with Crippen LogP contribution in [0.1, 0.15) is 23.9 Å². The topological polar surface area (TPSA) is 108 Å². The van der Waals surface area contributed by atoms with Gasteiger partial charge < -0.3 is 9.47 Å². The molecule has 0 saturated heterocycles. The second kappa shape index (κ2) is 8.78. The summed E-state index contributed by atoms with van der Waals surface area (Å²) in [5.41, 5.74) is 3.63. The van der Waals surface area contributed by atoms with Gasteiger partial charge in [0.2, 0.25) is 0 Å². The Hall–Kier alpha value is -4.01. The van der Waals surface area contributed by atoms with Crippen LogP contribution in [0.15, 0.2) is 53.5 Å². The monoisotopic (exact) mass is 418 g/mol. The fourth-order valence-corrected chi connectivity index (χ4v) is 3.28. The molecule has 0 bridgehead atoms. The lowest BCUT2D eigenvalue weighted by molar-refractivity contribution is 0.284. The fraction of sp³-hybridized carbons (Fsp3) is 0.227. The lowest BCUT2D eigenvalue weighted by Gasteiger charge is -2.16. The highest BCUT2D eigenvalue weighted by Gasteiger charge is 2.16. The number of H-pyrrole nitrogens is 1. The largest absolute Gasteiger partial charge is 0.493 e. The Morgan fingerprint density at radius 3 is 2.65 bits per heavy atom. The maximum Gasteiger partial charge on any atom is 0.365 e. The molecule has 9 heteroatoms. The highest BCUT2D eigenvalue weighted by molar-refractivity contribution is 5.61. The molecule has 4 rings (SSSR count). The van der Waals surface area contributed by atoms with Gasteiger partial charge in [0.25, 0.3) is 0 Å². The summed E-state index contributed by atoms with van der Waals surface area (Å²) in [6.45, 7) is 6.41. The Labute approximate surface area is 178 Å². The second-order valence-corrected chi connectivity index (χ2v) is 6.86. The van der Waals surface area contributed by atoms with E-state index in [9.17, 15) is 4.79 Å². The zero-order chi connectivity index (χ0) is 21.8. The predicted molar refractivity (Wildman–Crippen MR) is 114 cm³/mol. The summed E-state index contributed by atoms with van der Waals surface area (Å²) in [4.78, 5) is 20.7. The quantitative estimate of drug-likeness (QED) is 0.491. The third kappa shape index (κ3) is 4.30. The van der Waals surface area contributed by atoms with Crippen LogP contribution < -0.4 is 15.2 Å². The Kier molecular flexibility index (Phi) is 5.74. The van der Waals surface area contributed by atoms with E-state index in [0.717, 1.165) is 28.4 Å². The van der Waals surface area contributed by atoms with E-state index < -0.39 is 5.69 Å². The first-order valence-electron chi connectivity index (χ1n) is 9.85. The molecule has 0 spiro atoms. The van der Waals surface area contributed by atoms with Gasteiger partial charge >= 0.3 is 5.69 Å². The molecule has 2 aromatic carbocycles. The van der Waals surface area contributed by atoms with Gasteiger partial charge in [-0.05, 0) is 73.2 Å². The number of aromatic nitrogens is 6. The van der Waals surface area contributed by atoms with Crippen molar-refractivity contribution in [2.75, 3.05) is 6.61 Å². The number of benzene rings is 2. The molecule has 2 heterocycles. The van der Waals surface area contributed by atoms with Crippen LogP contribution in [-0.4, -0.2) is 36.8 Å². The average Bonchev–Trinajstić information content (AvgIpc) is 3.19. The van der Waals surface area contributed by atoms with Crippen LogP contribution in [0, 0.1) is 13.8 Å². The molecule has 0 amide bonds. The minimum Gasteiger partial charge on any atom is -0.493 e. The van der Waals surface area contributed by atoms with Gasteiger partial charge in [0.1, 0.15) is 23.9 Å². The molecular formula is C22H22N6O3. The molecule has 31 heavy (non-hydrogen) atoms. The van der Waals surface area contributed by atoms with Crippen molar-refractivity contribution in [3.05, 3.63) is 76.1 Å². The van der Waals surface area contributed by atoms with Gasteiger partial charge in [-0.25, -0.2) is 19.9 Å². The molecule has 9 nitrogen and oxygen atoms in total. The zero-order valence-electron chi connectivity index (χ0n) is 17.5. The lowest BCUT2D eigenvalue weighted by Crippen LogP contribution is -2.18. The Morgan fingerprint density at radius 2 is 1.94 bits per heavy atom. The van der Waals surface area contributed by atoms with Gasteiger partial charge in [0.05, 0.1) is 23.6 Å². The van der Waals surface area contributed by atoms with E-state index in [1.54, 1.807) is 18.3 Å². The first kappa shape index (κ1) is 20.3. The minimum atomic E-state index is -0.435. The van der Waals surface area contributed by atoms with E-state index in [1.807, 2.05) is 51.1 Å². The molecule has 0 unspecified atom stereocenters. The van der Waals surface area contributed by atoms with Gasteiger partial charge in [-0.1, -0.05) is 6.07 Å². The van der Waals surface area contributed by atoms with Crippen LogP contribution in [0.2, 0.25) is 0 Å². The molecule has 0 saturated carbocycles. The number of rotatable bonds is 7. The third-order valence-corrected chi connectivity index (χ3v) is 4.73. The molecule has 0 aliphatic heterocycles. The average molecular weight is 418 g/mol. The van der Waals surface area contributed by atoms with Crippen molar-refractivity contribution in [1.29, 1.82) is 0 Å². The van der Waals surface area contributed by atoms with Crippen molar-refractivity contribution < 1.29 is 9.47 Å². The van der Waals surface area contributed by atoms with Crippen LogP contribution in [0.5, 0.6) is 11.5 Å². The van der Waals surface area contributed by atoms with Crippen molar-refractivity contribution in [2.45, 2.75) is 27.4 Å². The first-order chi connectivity index (χ1) is 15.1. The molecule has 0 radical (unpaired) electrons. The Balaban J connectivity index is 1.63. The fourth-order valence-electron chi connectivity index (χ4n) is 3.28. The van der Waals surface area contributed by atoms with E-state index in [-0.39, 0.29) is 6.61 Å². The van der Waals surface area contributed by atoms with Crippen molar-refractivity contribution >= 4 is 0 Å². The molecule has 4 aromatic rings. The van der Waals surface area contributed by atoms with Gasteiger partial charge in [0, 0.05) is 11.8 Å².